The van der Waals surface area contributed by atoms with Gasteiger partial charge in [-0.2, -0.15) is 0 Å². The molecule has 2 aliphatic rings. The van der Waals surface area contributed by atoms with Gasteiger partial charge in [-0.1, -0.05) is 0 Å². The molecule has 26 heavy (non-hydrogen) atoms. The van der Waals surface area contributed by atoms with Gasteiger partial charge < -0.3 is 14.6 Å². The van der Waals surface area contributed by atoms with Gasteiger partial charge in [-0.05, 0) is 73.1 Å². The number of hydrogen-bond donors (Lipinski definition) is 1. The molecule has 1 atom stereocenters. The third-order valence-electron chi connectivity index (χ3n) is 5.36. The lowest BCUT2D eigenvalue weighted by molar-refractivity contribution is -0.198. The van der Waals surface area contributed by atoms with Crippen molar-refractivity contribution in [2.45, 2.75) is 91.1 Å². The van der Waals surface area contributed by atoms with E-state index in [1.165, 1.54) is 0 Å². The largest absolute Gasteiger partial charge is 0.481 e. The Morgan fingerprint density at radius 2 is 1.54 bits per heavy atom. The number of nitrogens with zero attached hydrogens (tertiary/aromatic N) is 1. The van der Waals surface area contributed by atoms with Crippen LogP contribution in [0.3, 0.4) is 0 Å². The van der Waals surface area contributed by atoms with Gasteiger partial charge in [0.25, 0.3) is 0 Å². The molecule has 1 unspecified atom stereocenters. The fourth-order valence-corrected chi connectivity index (χ4v) is 3.83. The van der Waals surface area contributed by atoms with Crippen molar-refractivity contribution in [3.05, 3.63) is 0 Å². The summed E-state index contributed by atoms with van der Waals surface area (Å²) < 4.78 is 12.1. The van der Waals surface area contributed by atoms with Gasteiger partial charge in [0, 0.05) is 13.1 Å². The SMILES string of the molecule is CC(C)(C)OC(=O)C(C)(C)C(OC1CCC(C(=O)O)CC1)N1CCCC1. The second-order valence-electron chi connectivity index (χ2n) is 9.27. The molecular formula is C20H35NO5. The first-order valence-electron chi connectivity index (χ1n) is 9.86. The summed E-state index contributed by atoms with van der Waals surface area (Å²) in [6.45, 7) is 11.3. The lowest BCUT2D eigenvalue weighted by Gasteiger charge is -2.42. The van der Waals surface area contributed by atoms with Crippen molar-refractivity contribution in [1.29, 1.82) is 0 Å². The maximum atomic E-state index is 12.9. The van der Waals surface area contributed by atoms with Gasteiger partial charge in [0.2, 0.25) is 0 Å². The van der Waals surface area contributed by atoms with Crippen LogP contribution >= 0.6 is 0 Å². The maximum Gasteiger partial charge on any atom is 0.316 e. The molecular weight excluding hydrogens is 334 g/mol. The van der Waals surface area contributed by atoms with Crippen LogP contribution in [0.25, 0.3) is 0 Å². The Kier molecular flexibility index (Phi) is 6.72. The minimum atomic E-state index is -0.790. The lowest BCUT2D eigenvalue weighted by atomic mass is 9.86. The molecule has 1 saturated carbocycles. The van der Waals surface area contributed by atoms with Gasteiger partial charge in [0.1, 0.15) is 17.2 Å². The van der Waals surface area contributed by atoms with E-state index >= 15 is 0 Å². The van der Waals surface area contributed by atoms with Gasteiger partial charge >= 0.3 is 11.9 Å². The molecule has 2 rings (SSSR count). The molecule has 2 fully saturated rings. The summed E-state index contributed by atoms with van der Waals surface area (Å²) in [5.41, 5.74) is -1.33. The molecule has 0 bridgehead atoms. The monoisotopic (exact) mass is 369 g/mol. The Labute approximate surface area is 157 Å². The summed E-state index contributed by atoms with van der Waals surface area (Å²) in [5.74, 6) is -1.23. The van der Waals surface area contributed by atoms with Crippen LogP contribution in [0.1, 0.15) is 73.1 Å². The molecule has 6 heteroatoms. The standard InChI is InChI=1S/C20H35NO5/c1-19(2,3)26-18(24)20(4,5)17(21-12-6-7-13-21)25-15-10-8-14(9-11-15)16(22)23/h14-15,17H,6-13H2,1-5H3,(H,22,23). The number of rotatable bonds is 6. The topological polar surface area (TPSA) is 76.1 Å². The van der Waals surface area contributed by atoms with Gasteiger partial charge in [-0.3, -0.25) is 14.5 Å². The first-order valence-corrected chi connectivity index (χ1v) is 9.86. The molecule has 1 N–H and O–H groups in total. The highest BCUT2D eigenvalue weighted by Gasteiger charge is 2.46. The molecule has 1 saturated heterocycles. The average Bonchev–Trinajstić information content (AvgIpc) is 3.05. The molecule has 0 aromatic rings. The van der Waals surface area contributed by atoms with E-state index in [0.717, 1.165) is 38.8 Å². The van der Waals surface area contributed by atoms with Crippen molar-refractivity contribution in [1.82, 2.24) is 4.90 Å². The summed E-state index contributed by atoms with van der Waals surface area (Å²) >= 11 is 0. The van der Waals surface area contributed by atoms with E-state index in [9.17, 15) is 14.7 Å². The number of esters is 1. The summed E-state index contributed by atoms with van der Waals surface area (Å²) in [5, 5.41) is 9.18. The van der Waals surface area contributed by atoms with Crippen LogP contribution in [0.15, 0.2) is 0 Å². The zero-order valence-electron chi connectivity index (χ0n) is 16.9. The normalized spacial score (nSPS) is 26.5. The fraction of sp³-hybridized carbons (Fsp3) is 0.900. The molecule has 150 valence electrons. The van der Waals surface area contributed by atoms with Crippen LogP contribution in [0, 0.1) is 11.3 Å². The summed E-state index contributed by atoms with van der Waals surface area (Å²) in [6.07, 6.45) is 4.60. The number of carbonyl (C=O) groups excluding carboxylic acids is 1. The zero-order valence-corrected chi connectivity index (χ0v) is 16.9. The van der Waals surface area contributed by atoms with Gasteiger partial charge in [0.05, 0.1) is 12.0 Å². The molecule has 0 aromatic heterocycles. The number of ether oxygens (including phenoxy) is 2. The number of carbonyl (C=O) groups is 2. The van der Waals surface area contributed by atoms with Crippen LogP contribution in [-0.4, -0.2) is 53.0 Å². The third-order valence-corrected chi connectivity index (χ3v) is 5.36. The smallest absolute Gasteiger partial charge is 0.316 e. The Morgan fingerprint density at radius 3 is 2.00 bits per heavy atom. The molecule has 1 aliphatic heterocycles. The molecule has 6 nitrogen and oxygen atoms in total. The lowest BCUT2D eigenvalue weighted by Crippen LogP contribution is -2.53. The zero-order chi connectivity index (χ0) is 19.5. The van der Waals surface area contributed by atoms with Crippen molar-refractivity contribution < 1.29 is 24.2 Å². The molecule has 0 spiro atoms. The number of carboxylic acids is 1. The fourth-order valence-electron chi connectivity index (χ4n) is 3.83. The second kappa shape index (κ2) is 8.26. The predicted molar refractivity (Wildman–Crippen MR) is 98.7 cm³/mol. The highest BCUT2D eigenvalue weighted by atomic mass is 16.6. The van der Waals surface area contributed by atoms with Gasteiger partial charge in [-0.15, -0.1) is 0 Å². The molecule has 0 radical (unpaired) electrons. The van der Waals surface area contributed by atoms with Crippen LogP contribution in [0.4, 0.5) is 0 Å². The van der Waals surface area contributed by atoms with Gasteiger partial charge in [0.15, 0.2) is 0 Å². The third kappa shape index (κ3) is 5.43. The van der Waals surface area contributed by atoms with Crippen molar-refractivity contribution >= 4 is 11.9 Å². The molecule has 1 aliphatic carbocycles. The van der Waals surface area contributed by atoms with Crippen LogP contribution in [0.5, 0.6) is 0 Å². The number of carboxylic acid groups (broad SMARTS) is 1. The molecule has 1 heterocycles. The summed E-state index contributed by atoms with van der Waals surface area (Å²) in [7, 11) is 0. The minimum absolute atomic E-state index is 0.00193. The Balaban J connectivity index is 2.08. The van der Waals surface area contributed by atoms with E-state index < -0.39 is 17.0 Å². The van der Waals surface area contributed by atoms with Gasteiger partial charge in [-0.25, -0.2) is 0 Å². The first-order chi connectivity index (χ1) is 12.0. The summed E-state index contributed by atoms with van der Waals surface area (Å²) in [6, 6.07) is 0. The maximum absolute atomic E-state index is 12.9. The van der Waals surface area contributed by atoms with Crippen LogP contribution in [0.2, 0.25) is 0 Å². The van der Waals surface area contributed by atoms with Crippen molar-refractivity contribution in [3.63, 3.8) is 0 Å². The second-order valence-corrected chi connectivity index (χ2v) is 9.27. The first kappa shape index (κ1) is 21.2. The van der Waals surface area contributed by atoms with E-state index in [1.807, 2.05) is 34.6 Å². The summed E-state index contributed by atoms with van der Waals surface area (Å²) in [4.78, 5) is 26.3. The predicted octanol–water partition coefficient (Wildman–Crippen LogP) is 3.44. The Morgan fingerprint density at radius 1 is 1.00 bits per heavy atom. The quantitative estimate of drug-likeness (QED) is 0.723. The van der Waals surface area contributed by atoms with Crippen molar-refractivity contribution in [3.8, 4) is 0 Å². The van der Waals surface area contributed by atoms with E-state index in [0.29, 0.717) is 12.8 Å². The highest BCUT2D eigenvalue weighted by Crippen LogP contribution is 2.35. The Bertz CT molecular complexity index is 497. The van der Waals surface area contributed by atoms with Crippen molar-refractivity contribution in [2.75, 3.05) is 13.1 Å². The minimum Gasteiger partial charge on any atom is -0.481 e. The van der Waals surface area contributed by atoms with E-state index in [4.69, 9.17) is 9.47 Å². The van der Waals surface area contributed by atoms with E-state index in [2.05, 4.69) is 4.90 Å². The van der Waals surface area contributed by atoms with Crippen LogP contribution < -0.4 is 0 Å². The number of likely N-dealkylation sites (tertiary alicyclic amines) is 1. The van der Waals surface area contributed by atoms with Crippen LogP contribution in [-0.2, 0) is 19.1 Å². The Hall–Kier alpha value is -1.14. The molecule has 0 aromatic carbocycles. The average molecular weight is 370 g/mol. The van der Waals surface area contributed by atoms with E-state index in [1.54, 1.807) is 0 Å². The molecule has 0 amide bonds. The number of aliphatic carboxylic acids is 1. The number of hydrogen-bond acceptors (Lipinski definition) is 5. The van der Waals surface area contributed by atoms with Crippen molar-refractivity contribution in [2.24, 2.45) is 11.3 Å². The highest BCUT2D eigenvalue weighted by molar-refractivity contribution is 5.77. The van der Waals surface area contributed by atoms with E-state index in [-0.39, 0.29) is 24.2 Å².